The summed E-state index contributed by atoms with van der Waals surface area (Å²) < 4.78 is 5.92. The quantitative estimate of drug-likeness (QED) is 0.413. The molecule has 0 radical (unpaired) electrons. The summed E-state index contributed by atoms with van der Waals surface area (Å²) in [5.74, 6) is 1.07. The summed E-state index contributed by atoms with van der Waals surface area (Å²) in [6, 6.07) is 19.4. The van der Waals surface area contributed by atoms with Gasteiger partial charge in [-0.1, -0.05) is 24.6 Å². The number of hydrogen-bond donors (Lipinski definition) is 2. The number of nitrogens with zero attached hydrogens (tertiary/aromatic N) is 1. The van der Waals surface area contributed by atoms with Crippen LogP contribution in [0.15, 0.2) is 66.7 Å². The average molecular weight is 492 g/mol. The van der Waals surface area contributed by atoms with Gasteiger partial charge < -0.3 is 14.9 Å². The van der Waals surface area contributed by atoms with Crippen LogP contribution in [0.1, 0.15) is 46.3 Å². The highest BCUT2D eigenvalue weighted by atomic mass is 35.5. The predicted octanol–water partition coefficient (Wildman–Crippen LogP) is 5.73. The topological polar surface area (TPSA) is 70.0 Å². The summed E-state index contributed by atoms with van der Waals surface area (Å²) in [6.07, 6.45) is 4.40. The molecular formula is C29H30ClNO4. The molecule has 1 aliphatic heterocycles. The molecule has 0 bridgehead atoms. The monoisotopic (exact) mass is 491 g/mol. The van der Waals surface area contributed by atoms with Gasteiger partial charge in [0.15, 0.2) is 5.78 Å². The minimum Gasteiger partial charge on any atom is -0.508 e. The van der Waals surface area contributed by atoms with Crippen LogP contribution in [0.5, 0.6) is 17.2 Å². The lowest BCUT2D eigenvalue weighted by molar-refractivity contribution is 0.105. The number of carbonyl (C=O) groups excluding carboxylic acids is 1. The number of ketones is 1. The van der Waals surface area contributed by atoms with Gasteiger partial charge in [0.05, 0.1) is 0 Å². The first-order chi connectivity index (χ1) is 16.6. The Balaban J connectivity index is 0.00000289. The number of piperidine rings is 1. The Morgan fingerprint density at radius 2 is 1.54 bits per heavy atom. The van der Waals surface area contributed by atoms with E-state index in [1.165, 1.54) is 19.3 Å². The highest BCUT2D eigenvalue weighted by molar-refractivity contribution is 6.36. The summed E-state index contributed by atoms with van der Waals surface area (Å²) in [4.78, 5) is 16.1. The highest BCUT2D eigenvalue weighted by Crippen LogP contribution is 2.41. The maximum absolute atomic E-state index is 13.7. The summed E-state index contributed by atoms with van der Waals surface area (Å²) in [5, 5.41) is 19.7. The van der Waals surface area contributed by atoms with E-state index in [0.717, 1.165) is 47.6 Å². The fraction of sp³-hybridized carbons (Fsp3) is 0.276. The molecule has 0 unspecified atom stereocenters. The zero-order valence-electron chi connectivity index (χ0n) is 19.6. The maximum atomic E-state index is 13.7. The second-order valence-corrected chi connectivity index (χ2v) is 9.02. The van der Waals surface area contributed by atoms with E-state index in [2.05, 4.69) is 4.90 Å². The van der Waals surface area contributed by atoms with Crippen LogP contribution in [0.25, 0.3) is 11.1 Å². The number of allylic oxidation sites excluding steroid dienone is 2. The third-order valence-electron chi connectivity index (χ3n) is 6.71. The van der Waals surface area contributed by atoms with E-state index in [0.29, 0.717) is 24.2 Å². The number of rotatable bonds is 7. The molecule has 35 heavy (non-hydrogen) atoms. The van der Waals surface area contributed by atoms with Gasteiger partial charge in [-0.3, -0.25) is 9.69 Å². The van der Waals surface area contributed by atoms with Gasteiger partial charge in [-0.2, -0.15) is 0 Å². The van der Waals surface area contributed by atoms with Crippen molar-refractivity contribution in [3.63, 3.8) is 0 Å². The van der Waals surface area contributed by atoms with Crippen molar-refractivity contribution in [1.82, 2.24) is 4.90 Å². The number of hydrogen-bond acceptors (Lipinski definition) is 5. The van der Waals surface area contributed by atoms with E-state index in [4.69, 9.17) is 4.74 Å². The Hall–Kier alpha value is -3.28. The first-order valence-electron chi connectivity index (χ1n) is 11.9. The number of carbonyl (C=O) groups is 1. The van der Waals surface area contributed by atoms with Crippen molar-refractivity contribution in [2.45, 2.75) is 25.7 Å². The highest BCUT2D eigenvalue weighted by Gasteiger charge is 2.28. The Bertz CT molecular complexity index is 1210. The Labute approximate surface area is 212 Å². The summed E-state index contributed by atoms with van der Waals surface area (Å²) in [7, 11) is 0. The van der Waals surface area contributed by atoms with Gasteiger partial charge in [-0.15, -0.1) is 12.4 Å². The van der Waals surface area contributed by atoms with Crippen LogP contribution >= 0.6 is 12.4 Å². The zero-order chi connectivity index (χ0) is 23.5. The number of aromatic hydroxyl groups is 2. The zero-order valence-corrected chi connectivity index (χ0v) is 20.4. The third-order valence-corrected chi connectivity index (χ3v) is 6.71. The normalized spacial score (nSPS) is 15.4. The summed E-state index contributed by atoms with van der Waals surface area (Å²) >= 11 is 0. The summed E-state index contributed by atoms with van der Waals surface area (Å²) in [5.41, 5.74) is 4.77. The number of fused-ring (bicyclic) bond motifs is 1. The van der Waals surface area contributed by atoms with Gasteiger partial charge in [0, 0.05) is 17.7 Å². The van der Waals surface area contributed by atoms with E-state index in [-0.39, 0.29) is 29.7 Å². The number of phenols is 2. The molecule has 5 nitrogen and oxygen atoms in total. The van der Waals surface area contributed by atoms with Crippen LogP contribution in [0.2, 0.25) is 0 Å². The van der Waals surface area contributed by atoms with E-state index in [1.54, 1.807) is 24.3 Å². The molecule has 0 amide bonds. The Kier molecular flexibility index (Phi) is 7.79. The van der Waals surface area contributed by atoms with E-state index in [1.807, 2.05) is 42.5 Å². The average Bonchev–Trinajstić information content (AvgIpc) is 3.23. The molecule has 2 aliphatic rings. The van der Waals surface area contributed by atoms with E-state index in [9.17, 15) is 15.0 Å². The molecule has 5 rings (SSSR count). The second-order valence-electron chi connectivity index (χ2n) is 9.02. The minimum atomic E-state index is -0.0626. The van der Waals surface area contributed by atoms with Crippen LogP contribution < -0.4 is 4.74 Å². The standard InChI is InChI=1S/C29H29NO4.ClH/c31-23-8-4-20(5-9-23)27-19-22-18-24(32)10-13-26(22)28(27)29(33)21-6-11-25(12-7-21)34-17-16-30-14-2-1-3-15-30;/h4-13,18,31-32H,1-3,14-17,19H2;1H. The molecule has 6 heteroatoms. The predicted molar refractivity (Wildman–Crippen MR) is 141 cm³/mol. The maximum Gasteiger partial charge on any atom is 0.193 e. The molecule has 1 fully saturated rings. The van der Waals surface area contributed by atoms with Gasteiger partial charge in [-0.25, -0.2) is 0 Å². The molecule has 0 saturated carbocycles. The van der Waals surface area contributed by atoms with Crippen molar-refractivity contribution in [3.05, 3.63) is 89.0 Å². The minimum absolute atomic E-state index is 0. The van der Waals surface area contributed by atoms with Crippen LogP contribution in [-0.2, 0) is 6.42 Å². The molecule has 1 aliphatic carbocycles. The van der Waals surface area contributed by atoms with Crippen molar-refractivity contribution < 1.29 is 19.7 Å². The van der Waals surface area contributed by atoms with Crippen LogP contribution in [0.3, 0.4) is 0 Å². The molecule has 3 aromatic carbocycles. The number of halogens is 1. The number of phenolic OH excluding ortho intramolecular Hbond substituents is 2. The number of ether oxygens (including phenoxy) is 1. The lowest BCUT2D eigenvalue weighted by Crippen LogP contribution is -2.33. The number of benzene rings is 3. The smallest absolute Gasteiger partial charge is 0.193 e. The van der Waals surface area contributed by atoms with Crippen molar-refractivity contribution in [1.29, 1.82) is 0 Å². The molecule has 1 heterocycles. The van der Waals surface area contributed by atoms with Crippen LogP contribution in [-0.4, -0.2) is 47.1 Å². The van der Waals surface area contributed by atoms with Gasteiger partial charge in [0.1, 0.15) is 23.9 Å². The van der Waals surface area contributed by atoms with Gasteiger partial charge in [-0.05, 0) is 103 Å². The van der Waals surface area contributed by atoms with Gasteiger partial charge in [0.25, 0.3) is 0 Å². The molecule has 0 spiro atoms. The van der Waals surface area contributed by atoms with Gasteiger partial charge >= 0.3 is 0 Å². The molecule has 182 valence electrons. The first kappa shape index (κ1) is 24.8. The molecule has 2 N–H and O–H groups in total. The number of Topliss-reactive ketones (excluding diaryl/α,β-unsaturated/α-hetero) is 1. The fourth-order valence-electron chi connectivity index (χ4n) is 4.90. The summed E-state index contributed by atoms with van der Waals surface area (Å²) in [6.45, 7) is 3.86. The molecule has 3 aromatic rings. The van der Waals surface area contributed by atoms with Crippen molar-refractivity contribution in [3.8, 4) is 17.2 Å². The van der Waals surface area contributed by atoms with E-state index < -0.39 is 0 Å². The third kappa shape index (κ3) is 5.53. The van der Waals surface area contributed by atoms with Crippen LogP contribution in [0.4, 0.5) is 0 Å². The lowest BCUT2D eigenvalue weighted by atomic mass is 9.93. The molecule has 0 aromatic heterocycles. The lowest BCUT2D eigenvalue weighted by Gasteiger charge is -2.26. The van der Waals surface area contributed by atoms with Crippen molar-refractivity contribution in [2.24, 2.45) is 0 Å². The Morgan fingerprint density at radius 1 is 0.857 bits per heavy atom. The Morgan fingerprint density at radius 3 is 2.26 bits per heavy atom. The largest absolute Gasteiger partial charge is 0.508 e. The SMILES string of the molecule is Cl.O=C(C1=C(c2ccc(O)cc2)Cc2cc(O)ccc21)c1ccc(OCCN2CCCCC2)cc1. The fourth-order valence-corrected chi connectivity index (χ4v) is 4.90. The molecule has 1 saturated heterocycles. The van der Waals surface area contributed by atoms with Crippen molar-refractivity contribution >= 4 is 29.3 Å². The van der Waals surface area contributed by atoms with E-state index >= 15 is 0 Å². The van der Waals surface area contributed by atoms with Crippen molar-refractivity contribution in [2.75, 3.05) is 26.2 Å². The molecule has 0 atom stereocenters. The number of likely N-dealkylation sites (tertiary alicyclic amines) is 1. The van der Waals surface area contributed by atoms with Gasteiger partial charge in [0.2, 0.25) is 0 Å². The first-order valence-corrected chi connectivity index (χ1v) is 11.9. The van der Waals surface area contributed by atoms with Crippen LogP contribution in [0, 0.1) is 0 Å². The molecular weight excluding hydrogens is 462 g/mol. The second kappa shape index (κ2) is 11.0.